The van der Waals surface area contributed by atoms with Crippen molar-refractivity contribution in [3.8, 4) is 0 Å². The van der Waals surface area contributed by atoms with Crippen molar-refractivity contribution in [1.82, 2.24) is 4.90 Å². The molecule has 1 nitrogen and oxygen atoms in total. The van der Waals surface area contributed by atoms with Gasteiger partial charge in [-0.1, -0.05) is 67.1 Å². The minimum Gasteiger partial charge on any atom is -0.301 e. The summed E-state index contributed by atoms with van der Waals surface area (Å²) >= 11 is 1.97. The molecular weight excluding hydrogens is 370 g/mol. The summed E-state index contributed by atoms with van der Waals surface area (Å²) in [7, 11) is 0. The quantitative estimate of drug-likeness (QED) is 0.286. The molecule has 0 aromatic heterocycles. The molecule has 0 N–H and O–H groups in total. The first-order chi connectivity index (χ1) is 14.3. The van der Waals surface area contributed by atoms with E-state index in [1.807, 2.05) is 11.8 Å². The summed E-state index contributed by atoms with van der Waals surface area (Å²) in [5.74, 6) is 1.05. The Labute approximate surface area is 180 Å². The van der Waals surface area contributed by atoms with Crippen molar-refractivity contribution in [1.29, 1.82) is 0 Å². The average Bonchev–Trinajstić information content (AvgIpc) is 2.77. The molecule has 0 saturated carbocycles. The maximum absolute atomic E-state index is 2.70. The zero-order valence-corrected chi connectivity index (χ0v) is 18.5. The molecule has 2 heteroatoms. The van der Waals surface area contributed by atoms with Crippen LogP contribution in [0, 0.1) is 0 Å². The fraction of sp³-hybridized carbons (Fsp3) is 0.407. The third-order valence-corrected chi connectivity index (χ3v) is 7.46. The highest BCUT2D eigenvalue weighted by Crippen LogP contribution is 2.31. The summed E-state index contributed by atoms with van der Waals surface area (Å²) in [5.41, 5.74) is 3.03. The number of fused-ring (bicyclic) bond motifs is 1. The van der Waals surface area contributed by atoms with Gasteiger partial charge < -0.3 is 4.90 Å². The highest BCUT2D eigenvalue weighted by molar-refractivity contribution is 7.98. The summed E-state index contributed by atoms with van der Waals surface area (Å²) in [4.78, 5) is 4.09. The van der Waals surface area contributed by atoms with Crippen molar-refractivity contribution in [2.45, 2.75) is 62.1 Å². The Balaban J connectivity index is 1.33. The minimum absolute atomic E-state index is 0.785. The molecule has 152 valence electrons. The van der Waals surface area contributed by atoms with Crippen LogP contribution < -0.4 is 0 Å². The zero-order valence-electron chi connectivity index (χ0n) is 17.6. The third-order valence-electron chi connectivity index (χ3n) is 6.33. The van der Waals surface area contributed by atoms with Crippen molar-refractivity contribution in [3.05, 3.63) is 77.9 Å². The van der Waals surface area contributed by atoms with Gasteiger partial charge in [-0.2, -0.15) is 0 Å². The molecule has 3 aromatic carbocycles. The summed E-state index contributed by atoms with van der Waals surface area (Å²) in [6.45, 7) is 4.98. The van der Waals surface area contributed by atoms with Crippen LogP contribution in [0.1, 0.15) is 50.2 Å². The van der Waals surface area contributed by atoms with E-state index in [1.165, 1.54) is 78.4 Å². The maximum atomic E-state index is 2.70. The molecule has 1 saturated heterocycles. The van der Waals surface area contributed by atoms with Crippen LogP contribution in [-0.4, -0.2) is 24.0 Å². The molecule has 0 aliphatic carbocycles. The van der Waals surface area contributed by atoms with Gasteiger partial charge in [0.2, 0.25) is 0 Å². The largest absolute Gasteiger partial charge is 0.301 e. The second-order valence-electron chi connectivity index (χ2n) is 8.37. The fourth-order valence-corrected chi connectivity index (χ4v) is 5.65. The number of aryl methyl sites for hydroxylation is 1. The van der Waals surface area contributed by atoms with Crippen LogP contribution in [-0.2, 0) is 12.2 Å². The van der Waals surface area contributed by atoms with Crippen LogP contribution >= 0.6 is 11.8 Å². The molecule has 1 aliphatic rings. The number of thioether (sulfide) groups is 1. The zero-order chi connectivity index (χ0) is 19.9. The Kier molecular flexibility index (Phi) is 7.29. The first kappa shape index (κ1) is 20.5. The second kappa shape index (κ2) is 10.3. The Bertz CT molecular complexity index is 914. The highest BCUT2D eigenvalue weighted by atomic mass is 32.2. The Morgan fingerprint density at radius 2 is 1.66 bits per heavy atom. The van der Waals surface area contributed by atoms with Crippen LogP contribution in [0.15, 0.2) is 71.6 Å². The van der Waals surface area contributed by atoms with Gasteiger partial charge >= 0.3 is 0 Å². The summed E-state index contributed by atoms with van der Waals surface area (Å²) < 4.78 is 0. The van der Waals surface area contributed by atoms with Gasteiger partial charge in [0.25, 0.3) is 0 Å². The normalized spacial score (nSPS) is 17.6. The number of unbranched alkanes of at least 4 members (excludes halogenated alkanes) is 1. The summed E-state index contributed by atoms with van der Waals surface area (Å²) in [6.07, 6.45) is 8.00. The molecule has 0 bridgehead atoms. The van der Waals surface area contributed by atoms with Gasteiger partial charge in [0.1, 0.15) is 0 Å². The molecule has 4 rings (SSSR count). The van der Waals surface area contributed by atoms with Crippen molar-refractivity contribution in [2.75, 3.05) is 13.1 Å². The van der Waals surface area contributed by atoms with Gasteiger partial charge in [-0.25, -0.2) is 0 Å². The number of likely N-dealkylation sites (tertiary alicyclic amines) is 1. The van der Waals surface area contributed by atoms with Gasteiger partial charge in [-0.15, -0.1) is 11.8 Å². The van der Waals surface area contributed by atoms with Gasteiger partial charge in [-0.05, 0) is 80.1 Å². The van der Waals surface area contributed by atoms with Crippen molar-refractivity contribution >= 4 is 22.5 Å². The van der Waals surface area contributed by atoms with Gasteiger partial charge in [0.05, 0.1) is 0 Å². The highest BCUT2D eigenvalue weighted by Gasteiger charge is 2.17. The van der Waals surface area contributed by atoms with Crippen molar-refractivity contribution in [2.24, 2.45) is 0 Å². The summed E-state index contributed by atoms with van der Waals surface area (Å²) in [5, 5.41) is 2.70. The predicted octanol–water partition coefficient (Wildman–Crippen LogP) is 7.33. The number of rotatable bonds is 8. The number of hydrogen-bond donors (Lipinski definition) is 0. The van der Waals surface area contributed by atoms with E-state index in [0.717, 1.165) is 11.8 Å². The van der Waals surface area contributed by atoms with Crippen LogP contribution in [0.3, 0.4) is 0 Å². The van der Waals surface area contributed by atoms with E-state index in [2.05, 4.69) is 78.6 Å². The van der Waals surface area contributed by atoms with E-state index in [-0.39, 0.29) is 0 Å². The number of nitrogens with zero attached hydrogens (tertiary/aromatic N) is 1. The molecule has 1 fully saturated rings. The lowest BCUT2D eigenvalue weighted by atomic mass is 10.0. The van der Waals surface area contributed by atoms with Crippen LogP contribution in [0.4, 0.5) is 0 Å². The van der Waals surface area contributed by atoms with E-state index < -0.39 is 0 Å². The molecule has 3 aromatic rings. The average molecular weight is 404 g/mol. The third kappa shape index (κ3) is 5.43. The molecule has 0 spiro atoms. The van der Waals surface area contributed by atoms with E-state index in [4.69, 9.17) is 0 Å². The van der Waals surface area contributed by atoms with E-state index in [9.17, 15) is 0 Å². The van der Waals surface area contributed by atoms with Crippen LogP contribution in [0.25, 0.3) is 10.8 Å². The summed E-state index contributed by atoms with van der Waals surface area (Å²) in [6, 6.07) is 25.2. The lowest BCUT2D eigenvalue weighted by Crippen LogP contribution is -2.38. The number of piperidine rings is 1. The SMILES string of the molecule is CC1CCCCN1CCCCc1ccccc1CSc1cccc2ccccc12. The standard InChI is InChI=1S/C27H33NS/c1-22-11-6-8-19-28(22)20-9-7-13-23-12-2-3-15-25(23)21-29-27-18-10-16-24-14-4-5-17-26(24)27/h2-5,10,12,14-18,22H,6-9,11,13,19-21H2,1H3. The minimum atomic E-state index is 0.785. The second-order valence-corrected chi connectivity index (χ2v) is 9.39. The fourth-order valence-electron chi connectivity index (χ4n) is 4.54. The van der Waals surface area contributed by atoms with E-state index in [1.54, 1.807) is 0 Å². The number of benzene rings is 3. The van der Waals surface area contributed by atoms with E-state index >= 15 is 0 Å². The Hall–Kier alpha value is -1.77. The molecule has 1 aliphatic heterocycles. The maximum Gasteiger partial charge on any atom is 0.0234 e. The lowest BCUT2D eigenvalue weighted by Gasteiger charge is -2.33. The molecular formula is C27H33NS. The molecule has 29 heavy (non-hydrogen) atoms. The first-order valence-electron chi connectivity index (χ1n) is 11.2. The van der Waals surface area contributed by atoms with E-state index in [0.29, 0.717) is 0 Å². The van der Waals surface area contributed by atoms with Gasteiger partial charge in [0, 0.05) is 16.7 Å². The molecule has 1 heterocycles. The lowest BCUT2D eigenvalue weighted by molar-refractivity contribution is 0.158. The van der Waals surface area contributed by atoms with Gasteiger partial charge in [0.15, 0.2) is 0 Å². The van der Waals surface area contributed by atoms with Crippen LogP contribution in [0.5, 0.6) is 0 Å². The molecule has 0 radical (unpaired) electrons. The van der Waals surface area contributed by atoms with Crippen molar-refractivity contribution in [3.63, 3.8) is 0 Å². The smallest absolute Gasteiger partial charge is 0.0234 e. The Morgan fingerprint density at radius 3 is 2.55 bits per heavy atom. The molecule has 1 unspecified atom stereocenters. The Morgan fingerprint density at radius 1 is 0.862 bits per heavy atom. The molecule has 0 amide bonds. The molecule has 1 atom stereocenters. The number of hydrogen-bond acceptors (Lipinski definition) is 2. The topological polar surface area (TPSA) is 3.24 Å². The van der Waals surface area contributed by atoms with Gasteiger partial charge in [-0.3, -0.25) is 0 Å². The first-order valence-corrected chi connectivity index (χ1v) is 12.2. The van der Waals surface area contributed by atoms with Crippen LogP contribution in [0.2, 0.25) is 0 Å². The predicted molar refractivity (Wildman–Crippen MR) is 128 cm³/mol. The monoisotopic (exact) mass is 403 g/mol. The van der Waals surface area contributed by atoms with Crippen molar-refractivity contribution < 1.29 is 0 Å².